The van der Waals surface area contributed by atoms with Gasteiger partial charge in [-0.1, -0.05) is 28.1 Å². The van der Waals surface area contributed by atoms with Gasteiger partial charge in [0.2, 0.25) is 5.91 Å². The maximum absolute atomic E-state index is 12.7. The fraction of sp³-hybridized carbons (Fsp3) is 0.130. The summed E-state index contributed by atoms with van der Waals surface area (Å²) in [5.41, 5.74) is 3.43. The molecule has 2 aromatic carbocycles. The highest BCUT2D eigenvalue weighted by Crippen LogP contribution is 2.27. The Balaban J connectivity index is 1.63. The van der Waals surface area contributed by atoms with Crippen molar-refractivity contribution in [2.45, 2.75) is 6.92 Å². The molecular formula is C23H20BrN5O. The van der Waals surface area contributed by atoms with E-state index in [0.717, 1.165) is 32.2 Å². The van der Waals surface area contributed by atoms with Crippen LogP contribution in [0.2, 0.25) is 0 Å². The Bertz CT molecular complexity index is 1210. The number of hydrogen-bond donors (Lipinski definition) is 1. The summed E-state index contributed by atoms with van der Waals surface area (Å²) in [5, 5.41) is 3.87. The highest BCUT2D eigenvalue weighted by molar-refractivity contribution is 9.10. The molecule has 0 spiro atoms. The molecule has 4 rings (SSSR count). The highest BCUT2D eigenvalue weighted by Gasteiger charge is 2.16. The fourth-order valence-corrected chi connectivity index (χ4v) is 3.70. The summed E-state index contributed by atoms with van der Waals surface area (Å²) in [6, 6.07) is 17.3. The molecule has 0 aliphatic rings. The van der Waals surface area contributed by atoms with Crippen LogP contribution in [-0.4, -0.2) is 34.5 Å². The van der Waals surface area contributed by atoms with Gasteiger partial charge in [-0.2, -0.15) is 0 Å². The first kappa shape index (κ1) is 20.0. The number of aryl methyl sites for hydroxylation is 1. The van der Waals surface area contributed by atoms with Crippen LogP contribution in [0, 0.1) is 6.92 Å². The average molecular weight is 462 g/mol. The van der Waals surface area contributed by atoms with Crippen molar-refractivity contribution in [3.63, 3.8) is 0 Å². The number of pyridine rings is 1. The molecule has 0 saturated carbocycles. The molecule has 7 heteroatoms. The molecule has 0 fully saturated rings. The van der Waals surface area contributed by atoms with E-state index in [1.54, 1.807) is 12.4 Å². The number of carbonyl (C=O) groups is 1. The number of amides is 1. The van der Waals surface area contributed by atoms with Gasteiger partial charge in [-0.25, -0.2) is 9.97 Å². The smallest absolute Gasteiger partial charge is 0.243 e. The van der Waals surface area contributed by atoms with Gasteiger partial charge in [0.1, 0.15) is 5.82 Å². The van der Waals surface area contributed by atoms with Gasteiger partial charge in [-0.05, 0) is 55.0 Å². The third kappa shape index (κ3) is 4.31. The molecular weight excluding hydrogens is 442 g/mol. The minimum absolute atomic E-state index is 0.117. The Morgan fingerprint density at radius 1 is 1.10 bits per heavy atom. The SMILES string of the molecule is Cc1cc(Br)ccc1NC(=O)CN(C)c1nc(-c2cccnc2)nc2ccccc12. The van der Waals surface area contributed by atoms with Crippen molar-refractivity contribution < 1.29 is 4.79 Å². The highest BCUT2D eigenvalue weighted by atomic mass is 79.9. The predicted octanol–water partition coefficient (Wildman–Crippen LogP) is 4.84. The summed E-state index contributed by atoms with van der Waals surface area (Å²) in [7, 11) is 1.86. The number of hydrogen-bond acceptors (Lipinski definition) is 5. The van der Waals surface area contributed by atoms with Gasteiger partial charge in [-0.15, -0.1) is 0 Å². The summed E-state index contributed by atoms with van der Waals surface area (Å²) in [6.45, 7) is 2.12. The zero-order valence-corrected chi connectivity index (χ0v) is 18.2. The van der Waals surface area contributed by atoms with Crippen molar-refractivity contribution >= 4 is 44.2 Å². The Labute approximate surface area is 183 Å². The van der Waals surface area contributed by atoms with E-state index in [1.807, 2.05) is 73.5 Å². The van der Waals surface area contributed by atoms with Gasteiger partial charge in [0.15, 0.2) is 5.82 Å². The van der Waals surface area contributed by atoms with Crippen LogP contribution in [0.4, 0.5) is 11.5 Å². The first-order valence-corrected chi connectivity index (χ1v) is 10.2. The maximum atomic E-state index is 12.7. The van der Waals surface area contributed by atoms with E-state index >= 15 is 0 Å². The molecule has 2 heterocycles. The second-order valence-electron chi connectivity index (χ2n) is 6.99. The van der Waals surface area contributed by atoms with E-state index in [4.69, 9.17) is 4.98 Å². The quantitative estimate of drug-likeness (QED) is 0.460. The van der Waals surface area contributed by atoms with E-state index < -0.39 is 0 Å². The normalized spacial score (nSPS) is 10.8. The van der Waals surface area contributed by atoms with Crippen molar-refractivity contribution in [1.29, 1.82) is 0 Å². The van der Waals surface area contributed by atoms with Crippen molar-refractivity contribution in [3.05, 3.63) is 77.0 Å². The Morgan fingerprint density at radius 2 is 1.93 bits per heavy atom. The number of aromatic nitrogens is 3. The van der Waals surface area contributed by atoms with Crippen molar-refractivity contribution in [3.8, 4) is 11.4 Å². The zero-order chi connectivity index (χ0) is 21.1. The largest absolute Gasteiger partial charge is 0.350 e. The Hall–Kier alpha value is -3.32. The number of fused-ring (bicyclic) bond motifs is 1. The van der Waals surface area contributed by atoms with Crippen molar-refractivity contribution in [1.82, 2.24) is 15.0 Å². The number of nitrogens with one attached hydrogen (secondary N) is 1. The first-order valence-electron chi connectivity index (χ1n) is 9.45. The molecule has 0 unspecified atom stereocenters. The van der Waals surface area contributed by atoms with Gasteiger partial charge in [-0.3, -0.25) is 9.78 Å². The maximum Gasteiger partial charge on any atom is 0.243 e. The van der Waals surface area contributed by atoms with Crippen LogP contribution in [0.15, 0.2) is 71.5 Å². The summed E-state index contributed by atoms with van der Waals surface area (Å²) in [5.74, 6) is 1.16. The fourth-order valence-electron chi connectivity index (χ4n) is 3.22. The third-order valence-corrected chi connectivity index (χ3v) is 5.20. The minimum Gasteiger partial charge on any atom is -0.350 e. The van der Waals surface area contributed by atoms with Gasteiger partial charge >= 0.3 is 0 Å². The lowest BCUT2D eigenvalue weighted by atomic mass is 10.2. The summed E-state index contributed by atoms with van der Waals surface area (Å²) in [4.78, 5) is 28.1. The molecule has 0 radical (unpaired) electrons. The lowest BCUT2D eigenvalue weighted by Gasteiger charge is -2.20. The summed E-state index contributed by atoms with van der Waals surface area (Å²) in [6.07, 6.45) is 3.45. The second kappa shape index (κ2) is 8.59. The molecule has 6 nitrogen and oxygen atoms in total. The number of rotatable bonds is 5. The molecule has 1 N–H and O–H groups in total. The molecule has 4 aromatic rings. The minimum atomic E-state index is -0.117. The number of halogens is 1. The van der Waals surface area contributed by atoms with Crippen molar-refractivity contribution in [2.75, 3.05) is 23.8 Å². The lowest BCUT2D eigenvalue weighted by molar-refractivity contribution is -0.114. The first-order chi connectivity index (χ1) is 14.5. The predicted molar refractivity (Wildman–Crippen MR) is 124 cm³/mol. The van der Waals surface area contributed by atoms with Crippen LogP contribution >= 0.6 is 15.9 Å². The molecule has 0 atom stereocenters. The topological polar surface area (TPSA) is 71.0 Å². The van der Waals surface area contributed by atoms with E-state index in [2.05, 4.69) is 31.2 Å². The van der Waals surface area contributed by atoms with Crippen LogP contribution in [0.3, 0.4) is 0 Å². The second-order valence-corrected chi connectivity index (χ2v) is 7.91. The number of likely N-dealkylation sites (N-methyl/N-ethyl adjacent to an activating group) is 1. The van der Waals surface area contributed by atoms with Gasteiger partial charge in [0, 0.05) is 40.6 Å². The Kier molecular flexibility index (Phi) is 5.72. The number of benzene rings is 2. The standard InChI is InChI=1S/C23H20BrN5O/c1-15-12-17(24)9-10-19(15)26-21(30)14-29(2)23-18-7-3-4-8-20(18)27-22(28-23)16-6-5-11-25-13-16/h3-13H,14H2,1-2H3,(H,26,30). The number of anilines is 2. The van der Waals surface area contributed by atoms with Gasteiger partial charge < -0.3 is 10.2 Å². The van der Waals surface area contributed by atoms with Crippen LogP contribution < -0.4 is 10.2 Å². The van der Waals surface area contributed by atoms with Crippen molar-refractivity contribution in [2.24, 2.45) is 0 Å². The molecule has 1 amide bonds. The molecule has 0 bridgehead atoms. The zero-order valence-electron chi connectivity index (χ0n) is 16.6. The average Bonchev–Trinajstić information content (AvgIpc) is 2.75. The van der Waals surface area contributed by atoms with Crippen LogP contribution in [-0.2, 0) is 4.79 Å². The third-order valence-electron chi connectivity index (χ3n) is 4.71. The van der Waals surface area contributed by atoms with Gasteiger partial charge in [0.05, 0.1) is 12.1 Å². The van der Waals surface area contributed by atoms with E-state index in [1.165, 1.54) is 0 Å². The molecule has 30 heavy (non-hydrogen) atoms. The lowest BCUT2D eigenvalue weighted by Crippen LogP contribution is -2.31. The monoisotopic (exact) mass is 461 g/mol. The van der Waals surface area contributed by atoms with Crippen LogP contribution in [0.25, 0.3) is 22.3 Å². The Morgan fingerprint density at radius 3 is 2.70 bits per heavy atom. The summed E-state index contributed by atoms with van der Waals surface area (Å²) >= 11 is 3.44. The molecule has 2 aromatic heterocycles. The van der Waals surface area contributed by atoms with Crippen LogP contribution in [0.5, 0.6) is 0 Å². The molecule has 0 aliphatic heterocycles. The molecule has 150 valence electrons. The summed E-state index contributed by atoms with van der Waals surface area (Å²) < 4.78 is 0.977. The molecule has 0 saturated heterocycles. The molecule has 0 aliphatic carbocycles. The van der Waals surface area contributed by atoms with Gasteiger partial charge in [0.25, 0.3) is 0 Å². The number of para-hydroxylation sites is 1. The number of nitrogens with zero attached hydrogens (tertiary/aromatic N) is 4. The number of carbonyl (C=O) groups excluding carboxylic acids is 1. The van der Waals surface area contributed by atoms with E-state index in [0.29, 0.717) is 11.6 Å². The van der Waals surface area contributed by atoms with E-state index in [-0.39, 0.29) is 12.5 Å². The van der Waals surface area contributed by atoms with E-state index in [9.17, 15) is 4.79 Å². The van der Waals surface area contributed by atoms with Crippen LogP contribution in [0.1, 0.15) is 5.56 Å².